The van der Waals surface area contributed by atoms with Gasteiger partial charge in [0.25, 0.3) is 0 Å². The van der Waals surface area contributed by atoms with Crippen LogP contribution in [0.2, 0.25) is 0 Å². The zero-order chi connectivity index (χ0) is 50.4. The molecule has 1 aliphatic rings. The molecule has 0 unspecified atom stereocenters. The molecular formula is C73H50N2O. The highest BCUT2D eigenvalue weighted by atomic mass is 16.3. The zero-order valence-corrected chi connectivity index (χ0v) is 41.7. The molecule has 0 N–H and O–H groups in total. The van der Waals surface area contributed by atoms with E-state index in [2.05, 4.69) is 307 Å². The maximum Gasteiger partial charge on any atom is 0.159 e. The van der Waals surface area contributed by atoms with E-state index in [9.17, 15) is 0 Å². The lowest BCUT2D eigenvalue weighted by molar-refractivity contribution is 0.669. The number of benzene rings is 12. The predicted octanol–water partition coefficient (Wildman–Crippen LogP) is 19.9. The Hall–Kier alpha value is -9.96. The van der Waals surface area contributed by atoms with Crippen LogP contribution in [0.1, 0.15) is 22.3 Å². The van der Waals surface area contributed by atoms with Gasteiger partial charge in [0, 0.05) is 39.2 Å². The molecule has 358 valence electrons. The van der Waals surface area contributed by atoms with Crippen molar-refractivity contribution in [2.45, 2.75) is 5.41 Å². The molecule has 12 aromatic carbocycles. The van der Waals surface area contributed by atoms with E-state index >= 15 is 0 Å². The molecule has 1 aromatic heterocycles. The third kappa shape index (κ3) is 7.43. The fourth-order valence-electron chi connectivity index (χ4n) is 12.1. The highest BCUT2D eigenvalue weighted by Crippen LogP contribution is 2.58. The first-order chi connectivity index (χ1) is 37.7. The quantitative estimate of drug-likeness (QED) is 0.129. The molecule has 3 nitrogen and oxygen atoms in total. The van der Waals surface area contributed by atoms with E-state index in [1.165, 1.54) is 33.4 Å². The zero-order valence-electron chi connectivity index (χ0n) is 41.7. The monoisotopic (exact) mass is 970 g/mol. The summed E-state index contributed by atoms with van der Waals surface area (Å²) in [6.45, 7) is 0. The van der Waals surface area contributed by atoms with E-state index < -0.39 is 5.41 Å². The number of fused-ring (bicyclic) bond motifs is 6. The second-order valence-corrected chi connectivity index (χ2v) is 19.5. The topological polar surface area (TPSA) is 19.6 Å². The van der Waals surface area contributed by atoms with Gasteiger partial charge in [-0.05, 0) is 133 Å². The van der Waals surface area contributed by atoms with Crippen LogP contribution in [0.25, 0.3) is 66.4 Å². The second kappa shape index (κ2) is 18.8. The van der Waals surface area contributed by atoms with Gasteiger partial charge in [0.2, 0.25) is 0 Å². The summed E-state index contributed by atoms with van der Waals surface area (Å²) in [5, 5.41) is 2.15. The van der Waals surface area contributed by atoms with Crippen LogP contribution in [0.5, 0.6) is 0 Å². The summed E-state index contributed by atoms with van der Waals surface area (Å²) in [7, 11) is 0. The number of nitrogens with zero attached hydrogens (tertiary/aromatic N) is 2. The van der Waals surface area contributed by atoms with Crippen LogP contribution in [0.3, 0.4) is 0 Å². The largest absolute Gasteiger partial charge is 0.454 e. The molecule has 0 amide bonds. The lowest BCUT2D eigenvalue weighted by Crippen LogP contribution is -2.28. The molecule has 0 aliphatic heterocycles. The number of hydrogen-bond acceptors (Lipinski definition) is 3. The van der Waals surface area contributed by atoms with E-state index in [1.807, 2.05) is 6.07 Å². The fraction of sp³-hybridized carbons (Fsp3) is 0.0137. The van der Waals surface area contributed by atoms with Gasteiger partial charge in [-0.1, -0.05) is 237 Å². The van der Waals surface area contributed by atoms with E-state index in [0.29, 0.717) is 0 Å². The molecule has 0 saturated carbocycles. The van der Waals surface area contributed by atoms with Crippen molar-refractivity contribution >= 4 is 56.1 Å². The van der Waals surface area contributed by atoms with Crippen molar-refractivity contribution in [1.82, 2.24) is 0 Å². The molecule has 13 aromatic rings. The molecule has 0 fully saturated rings. The molecule has 0 bridgehead atoms. The maximum atomic E-state index is 6.90. The average molecular weight is 971 g/mol. The van der Waals surface area contributed by atoms with Crippen molar-refractivity contribution in [2.24, 2.45) is 0 Å². The molecule has 0 radical (unpaired) electrons. The van der Waals surface area contributed by atoms with E-state index in [1.54, 1.807) is 0 Å². The summed E-state index contributed by atoms with van der Waals surface area (Å²) in [5.41, 5.74) is 21.3. The van der Waals surface area contributed by atoms with Gasteiger partial charge in [0.1, 0.15) is 5.58 Å². The summed E-state index contributed by atoms with van der Waals surface area (Å²) in [6.07, 6.45) is 0. The van der Waals surface area contributed by atoms with Crippen LogP contribution in [0.4, 0.5) is 34.1 Å². The maximum absolute atomic E-state index is 6.90. The first kappa shape index (κ1) is 44.7. The van der Waals surface area contributed by atoms with E-state index in [0.717, 1.165) is 89.4 Å². The standard InChI is InChI=1S/C73H50N2O/c1-7-25-51(26-8-1)61-39-23-40-62(52-27-9-2-10-28-52)71(61)53-47-59(49-60(48-53)75(57-35-17-6-18-36-57)69-43-24-41-66-65-38-20-22-44-70(65)76-72(66)69)74(56-33-15-5-16-34-56)58-45-46-64-63-37-19-21-42-67(63)73(68(64)50-58,54-29-11-3-12-30-54)55-31-13-4-14-32-55/h1-50H. The van der Waals surface area contributed by atoms with Gasteiger partial charge in [0.15, 0.2) is 5.58 Å². The smallest absolute Gasteiger partial charge is 0.159 e. The minimum atomic E-state index is -0.589. The van der Waals surface area contributed by atoms with Crippen LogP contribution in [0, 0.1) is 0 Å². The Morgan fingerprint density at radius 2 is 0.750 bits per heavy atom. The normalized spacial score (nSPS) is 12.3. The Balaban J connectivity index is 1.09. The van der Waals surface area contributed by atoms with Crippen molar-refractivity contribution in [2.75, 3.05) is 9.80 Å². The Kier molecular flexibility index (Phi) is 11.1. The highest BCUT2D eigenvalue weighted by molar-refractivity contribution is 6.10. The van der Waals surface area contributed by atoms with Crippen LogP contribution >= 0.6 is 0 Å². The van der Waals surface area contributed by atoms with Gasteiger partial charge in [-0.25, -0.2) is 0 Å². The summed E-state index contributed by atoms with van der Waals surface area (Å²) in [5.74, 6) is 0. The molecule has 3 heteroatoms. The Labute approximate surface area is 443 Å². The molecule has 0 spiro atoms. The van der Waals surface area contributed by atoms with Gasteiger partial charge >= 0.3 is 0 Å². The minimum Gasteiger partial charge on any atom is -0.454 e. The fourth-order valence-corrected chi connectivity index (χ4v) is 12.1. The Morgan fingerprint density at radius 1 is 0.276 bits per heavy atom. The van der Waals surface area contributed by atoms with Gasteiger partial charge in [0.05, 0.1) is 11.1 Å². The van der Waals surface area contributed by atoms with Crippen molar-refractivity contribution in [1.29, 1.82) is 0 Å². The number of rotatable bonds is 11. The highest BCUT2D eigenvalue weighted by Gasteiger charge is 2.46. The first-order valence-corrected chi connectivity index (χ1v) is 26.1. The minimum absolute atomic E-state index is 0.589. The number of furan rings is 1. The van der Waals surface area contributed by atoms with Crippen LogP contribution < -0.4 is 9.80 Å². The van der Waals surface area contributed by atoms with Crippen molar-refractivity contribution in [3.05, 3.63) is 326 Å². The second-order valence-electron chi connectivity index (χ2n) is 19.5. The lowest BCUT2D eigenvalue weighted by atomic mass is 9.67. The van der Waals surface area contributed by atoms with Gasteiger partial charge in [-0.3, -0.25) is 0 Å². The summed E-state index contributed by atoms with van der Waals surface area (Å²) >= 11 is 0. The van der Waals surface area contributed by atoms with Crippen LogP contribution in [0.15, 0.2) is 308 Å². The molecule has 76 heavy (non-hydrogen) atoms. The van der Waals surface area contributed by atoms with Crippen molar-refractivity contribution < 1.29 is 4.42 Å². The van der Waals surface area contributed by atoms with Crippen LogP contribution in [-0.4, -0.2) is 0 Å². The third-order valence-corrected chi connectivity index (χ3v) is 15.3. The molecule has 1 aliphatic carbocycles. The van der Waals surface area contributed by atoms with Gasteiger partial charge in [-0.15, -0.1) is 0 Å². The van der Waals surface area contributed by atoms with E-state index in [-0.39, 0.29) is 0 Å². The lowest BCUT2D eigenvalue weighted by Gasteiger charge is -2.35. The average Bonchev–Trinajstić information content (AvgIpc) is 4.07. The van der Waals surface area contributed by atoms with Gasteiger partial charge in [-0.2, -0.15) is 0 Å². The summed E-state index contributed by atoms with van der Waals surface area (Å²) in [4.78, 5) is 4.83. The number of anilines is 6. The van der Waals surface area contributed by atoms with Gasteiger partial charge < -0.3 is 14.2 Å². The predicted molar refractivity (Wildman–Crippen MR) is 317 cm³/mol. The van der Waals surface area contributed by atoms with E-state index in [4.69, 9.17) is 4.42 Å². The summed E-state index contributed by atoms with van der Waals surface area (Å²) < 4.78 is 6.90. The number of hydrogen-bond donors (Lipinski definition) is 0. The third-order valence-electron chi connectivity index (χ3n) is 15.3. The summed E-state index contributed by atoms with van der Waals surface area (Å²) in [6, 6.07) is 110. The molecular weight excluding hydrogens is 921 g/mol. The molecule has 14 rings (SSSR count). The van der Waals surface area contributed by atoms with Crippen molar-refractivity contribution in [3.63, 3.8) is 0 Å². The Morgan fingerprint density at radius 3 is 1.38 bits per heavy atom. The van der Waals surface area contributed by atoms with Crippen LogP contribution in [-0.2, 0) is 5.41 Å². The molecule has 1 heterocycles. The first-order valence-electron chi connectivity index (χ1n) is 26.1. The SMILES string of the molecule is c1ccc(-c2cccc(-c3ccccc3)c2-c2cc(N(c3ccccc3)c3ccc4c(c3)C(c3ccccc3)(c3ccccc3)c3ccccc3-4)cc(N(c3ccccc3)c3cccc4c3oc3ccccc34)c2)cc1. The number of para-hydroxylation sites is 4. The molecule has 0 saturated heterocycles. The Bertz CT molecular complexity index is 4110. The molecule has 0 atom stereocenters. The van der Waals surface area contributed by atoms with Crippen molar-refractivity contribution in [3.8, 4) is 44.5 Å².